The molecule has 1 fully saturated rings. The summed E-state index contributed by atoms with van der Waals surface area (Å²) in [7, 11) is 0. The zero-order valence-corrected chi connectivity index (χ0v) is 8.38. The van der Waals surface area contributed by atoms with Crippen molar-refractivity contribution in [3.8, 4) is 0 Å². The second-order valence-corrected chi connectivity index (χ2v) is 5.03. The second-order valence-electron chi connectivity index (χ2n) is 5.03. The maximum absolute atomic E-state index is 2.66. The van der Waals surface area contributed by atoms with Gasteiger partial charge in [-0.15, -0.1) is 0 Å². The standard InChI is InChI=1S/C11H19N/c1-11(2,3)12-9-5-4-6-10(12)8-7-9/h7-10H,4-6H2,1-3H3. The quantitative estimate of drug-likeness (QED) is 0.499. The van der Waals surface area contributed by atoms with E-state index in [4.69, 9.17) is 0 Å². The molecule has 0 aromatic rings. The fourth-order valence-electron chi connectivity index (χ4n) is 2.69. The number of hydrogen-bond donors (Lipinski definition) is 0. The monoisotopic (exact) mass is 165 g/mol. The maximum Gasteiger partial charge on any atom is 0.0289 e. The van der Waals surface area contributed by atoms with E-state index >= 15 is 0 Å². The van der Waals surface area contributed by atoms with E-state index in [-0.39, 0.29) is 0 Å². The molecule has 0 amide bonds. The van der Waals surface area contributed by atoms with Gasteiger partial charge >= 0.3 is 0 Å². The number of hydrogen-bond acceptors (Lipinski definition) is 1. The van der Waals surface area contributed by atoms with Crippen LogP contribution in [-0.4, -0.2) is 22.5 Å². The molecule has 0 N–H and O–H groups in total. The lowest BCUT2D eigenvalue weighted by atomic mass is 9.94. The maximum atomic E-state index is 2.66. The minimum absolute atomic E-state index is 0.346. The van der Waals surface area contributed by atoms with Gasteiger partial charge in [0, 0.05) is 17.6 Å². The van der Waals surface area contributed by atoms with Gasteiger partial charge in [-0.1, -0.05) is 12.2 Å². The number of fused-ring (bicyclic) bond motifs is 2. The lowest BCUT2D eigenvalue weighted by Crippen LogP contribution is -2.51. The minimum atomic E-state index is 0.346. The van der Waals surface area contributed by atoms with Gasteiger partial charge in [0.1, 0.15) is 0 Å². The van der Waals surface area contributed by atoms with Gasteiger partial charge in [-0.3, -0.25) is 4.90 Å². The van der Waals surface area contributed by atoms with Crippen molar-refractivity contribution in [3.63, 3.8) is 0 Å². The summed E-state index contributed by atoms with van der Waals surface area (Å²) in [6.45, 7) is 6.97. The van der Waals surface area contributed by atoms with E-state index < -0.39 is 0 Å². The van der Waals surface area contributed by atoms with Gasteiger partial charge < -0.3 is 0 Å². The van der Waals surface area contributed by atoms with E-state index in [2.05, 4.69) is 37.8 Å². The number of piperidine rings is 1. The summed E-state index contributed by atoms with van der Waals surface area (Å²) in [4.78, 5) is 2.66. The highest BCUT2D eigenvalue weighted by atomic mass is 15.3. The Morgan fingerprint density at radius 1 is 1.08 bits per heavy atom. The average Bonchev–Trinajstić information content (AvgIpc) is 2.23. The lowest BCUT2D eigenvalue weighted by Gasteiger charge is -2.44. The molecule has 68 valence electrons. The van der Waals surface area contributed by atoms with Crippen LogP contribution in [0.15, 0.2) is 12.2 Å². The normalized spacial score (nSPS) is 35.9. The zero-order chi connectivity index (χ0) is 8.77. The molecule has 0 spiro atoms. The van der Waals surface area contributed by atoms with Crippen LogP contribution in [-0.2, 0) is 0 Å². The Kier molecular flexibility index (Phi) is 1.80. The van der Waals surface area contributed by atoms with E-state index in [1.165, 1.54) is 19.3 Å². The third kappa shape index (κ3) is 1.20. The van der Waals surface area contributed by atoms with Crippen molar-refractivity contribution in [3.05, 3.63) is 12.2 Å². The van der Waals surface area contributed by atoms with Crippen molar-refractivity contribution in [1.82, 2.24) is 4.90 Å². The zero-order valence-electron chi connectivity index (χ0n) is 8.38. The summed E-state index contributed by atoms with van der Waals surface area (Å²) >= 11 is 0. The molecular weight excluding hydrogens is 146 g/mol. The summed E-state index contributed by atoms with van der Waals surface area (Å²) in [6.07, 6.45) is 8.95. The van der Waals surface area contributed by atoms with E-state index in [0.29, 0.717) is 5.54 Å². The second kappa shape index (κ2) is 2.59. The molecule has 0 saturated carbocycles. The Balaban J connectivity index is 2.19. The van der Waals surface area contributed by atoms with Gasteiger partial charge in [0.2, 0.25) is 0 Å². The molecule has 2 aliphatic rings. The summed E-state index contributed by atoms with van der Waals surface area (Å²) in [6, 6.07) is 1.48. The molecule has 1 heteroatoms. The molecule has 2 heterocycles. The van der Waals surface area contributed by atoms with Gasteiger partial charge in [0.25, 0.3) is 0 Å². The molecule has 2 bridgehead atoms. The first-order valence-electron chi connectivity index (χ1n) is 5.06. The Hall–Kier alpha value is -0.300. The Bertz CT molecular complexity index is 186. The Morgan fingerprint density at radius 3 is 1.92 bits per heavy atom. The molecule has 0 aliphatic carbocycles. The van der Waals surface area contributed by atoms with Gasteiger partial charge in [-0.25, -0.2) is 0 Å². The van der Waals surface area contributed by atoms with Crippen LogP contribution < -0.4 is 0 Å². The molecule has 0 aromatic heterocycles. The largest absolute Gasteiger partial charge is 0.286 e. The fourth-order valence-corrected chi connectivity index (χ4v) is 2.69. The molecule has 1 nitrogen and oxygen atoms in total. The summed E-state index contributed by atoms with van der Waals surface area (Å²) in [5.41, 5.74) is 0.346. The van der Waals surface area contributed by atoms with E-state index in [9.17, 15) is 0 Å². The average molecular weight is 165 g/mol. The van der Waals surface area contributed by atoms with Crippen LogP contribution in [0.1, 0.15) is 40.0 Å². The minimum Gasteiger partial charge on any atom is -0.286 e. The lowest BCUT2D eigenvalue weighted by molar-refractivity contribution is 0.0555. The van der Waals surface area contributed by atoms with Gasteiger partial charge in [0.05, 0.1) is 0 Å². The fraction of sp³-hybridized carbons (Fsp3) is 0.818. The van der Waals surface area contributed by atoms with Crippen LogP contribution in [0.5, 0.6) is 0 Å². The molecule has 0 aromatic carbocycles. The van der Waals surface area contributed by atoms with E-state index in [0.717, 1.165) is 12.1 Å². The van der Waals surface area contributed by atoms with Crippen molar-refractivity contribution >= 4 is 0 Å². The molecule has 1 saturated heterocycles. The SMILES string of the molecule is CC(C)(C)N1C2C=CC1CCC2. The van der Waals surface area contributed by atoms with Crippen LogP contribution in [0.2, 0.25) is 0 Å². The predicted molar refractivity (Wildman–Crippen MR) is 52.2 cm³/mol. The summed E-state index contributed by atoms with van der Waals surface area (Å²) in [5, 5.41) is 0. The van der Waals surface area contributed by atoms with E-state index in [1.54, 1.807) is 0 Å². The van der Waals surface area contributed by atoms with Crippen LogP contribution in [0.25, 0.3) is 0 Å². The van der Waals surface area contributed by atoms with Gasteiger partial charge in [-0.05, 0) is 40.0 Å². The van der Waals surface area contributed by atoms with Gasteiger partial charge in [0.15, 0.2) is 0 Å². The number of nitrogens with zero attached hydrogens (tertiary/aromatic N) is 1. The first-order chi connectivity index (χ1) is 5.59. The van der Waals surface area contributed by atoms with Crippen LogP contribution in [0, 0.1) is 0 Å². The van der Waals surface area contributed by atoms with Crippen molar-refractivity contribution in [1.29, 1.82) is 0 Å². The molecule has 2 unspecified atom stereocenters. The predicted octanol–water partition coefficient (Wildman–Crippen LogP) is 2.58. The van der Waals surface area contributed by atoms with Crippen molar-refractivity contribution in [2.24, 2.45) is 0 Å². The third-order valence-electron chi connectivity index (χ3n) is 3.04. The third-order valence-corrected chi connectivity index (χ3v) is 3.04. The molecule has 0 radical (unpaired) electrons. The van der Waals surface area contributed by atoms with Crippen LogP contribution in [0.3, 0.4) is 0 Å². The van der Waals surface area contributed by atoms with Gasteiger partial charge in [-0.2, -0.15) is 0 Å². The number of rotatable bonds is 0. The molecule has 2 atom stereocenters. The van der Waals surface area contributed by atoms with E-state index in [1.807, 2.05) is 0 Å². The summed E-state index contributed by atoms with van der Waals surface area (Å²) in [5.74, 6) is 0. The topological polar surface area (TPSA) is 3.24 Å². The highest BCUT2D eigenvalue weighted by Crippen LogP contribution is 2.35. The first-order valence-corrected chi connectivity index (χ1v) is 5.06. The Morgan fingerprint density at radius 2 is 1.58 bits per heavy atom. The molecular formula is C11H19N. The van der Waals surface area contributed by atoms with Crippen molar-refractivity contribution in [2.75, 3.05) is 0 Å². The highest BCUT2D eigenvalue weighted by molar-refractivity contribution is 5.15. The first kappa shape index (κ1) is 8.31. The van der Waals surface area contributed by atoms with Crippen LogP contribution in [0.4, 0.5) is 0 Å². The van der Waals surface area contributed by atoms with Crippen LogP contribution >= 0.6 is 0 Å². The van der Waals surface area contributed by atoms with Crippen molar-refractivity contribution < 1.29 is 0 Å². The summed E-state index contributed by atoms with van der Waals surface area (Å²) < 4.78 is 0. The molecule has 12 heavy (non-hydrogen) atoms. The smallest absolute Gasteiger partial charge is 0.0289 e. The Labute approximate surface area is 75.4 Å². The highest BCUT2D eigenvalue weighted by Gasteiger charge is 2.38. The molecule has 2 rings (SSSR count). The van der Waals surface area contributed by atoms with Crippen molar-refractivity contribution in [2.45, 2.75) is 57.7 Å². The molecule has 2 aliphatic heterocycles.